The molecule has 170 valence electrons. The van der Waals surface area contributed by atoms with Gasteiger partial charge >= 0.3 is 11.9 Å². The first-order chi connectivity index (χ1) is 16.4. The number of carbonyl (C=O) groups is 2. The first-order valence-corrected chi connectivity index (χ1v) is 12.6. The van der Waals surface area contributed by atoms with Crippen LogP contribution in [0.1, 0.15) is 30.5 Å². The third-order valence-electron chi connectivity index (χ3n) is 5.29. The van der Waals surface area contributed by atoms with Crippen molar-refractivity contribution < 1.29 is 19.1 Å². The molecule has 8 heteroatoms. The van der Waals surface area contributed by atoms with E-state index in [0.29, 0.717) is 52.8 Å². The van der Waals surface area contributed by atoms with Crippen molar-refractivity contribution in [3.8, 4) is 11.5 Å². The van der Waals surface area contributed by atoms with Gasteiger partial charge in [0.1, 0.15) is 11.5 Å². The van der Waals surface area contributed by atoms with Gasteiger partial charge in [0.15, 0.2) is 0 Å². The van der Waals surface area contributed by atoms with E-state index in [1.165, 1.54) is 22.7 Å². The lowest BCUT2D eigenvalue weighted by atomic mass is 10.0. The topological polar surface area (TPSA) is 52.6 Å². The van der Waals surface area contributed by atoms with E-state index in [2.05, 4.69) is 0 Å². The second kappa shape index (κ2) is 9.04. The van der Waals surface area contributed by atoms with Gasteiger partial charge in [-0.25, -0.2) is 9.59 Å². The minimum Gasteiger partial charge on any atom is -0.423 e. The molecule has 0 saturated heterocycles. The maximum atomic E-state index is 13.5. The molecule has 0 atom stereocenters. The zero-order valence-electron chi connectivity index (χ0n) is 18.0. The Morgan fingerprint density at radius 3 is 1.35 bits per heavy atom. The van der Waals surface area contributed by atoms with Crippen LogP contribution in [0.25, 0.3) is 20.2 Å². The van der Waals surface area contributed by atoms with E-state index in [1.54, 1.807) is 48.5 Å². The molecule has 0 amide bonds. The molecule has 0 fully saturated rings. The van der Waals surface area contributed by atoms with Crippen molar-refractivity contribution >= 4 is 78.0 Å². The van der Waals surface area contributed by atoms with Crippen LogP contribution < -0.4 is 9.47 Å². The van der Waals surface area contributed by atoms with E-state index < -0.39 is 11.9 Å². The highest BCUT2D eigenvalue weighted by atomic mass is 35.5. The number of para-hydroxylation sites is 2. The van der Waals surface area contributed by atoms with Crippen LogP contribution >= 0.6 is 45.9 Å². The van der Waals surface area contributed by atoms with Crippen LogP contribution in [-0.2, 0) is 0 Å². The molecule has 4 nitrogen and oxygen atoms in total. The van der Waals surface area contributed by atoms with Crippen molar-refractivity contribution in [1.82, 2.24) is 0 Å². The molecule has 0 spiro atoms. The first-order valence-electron chi connectivity index (χ1n) is 10.2. The molecule has 3 aromatic carbocycles. The summed E-state index contributed by atoms with van der Waals surface area (Å²) in [5, 5.41) is 1.74. The summed E-state index contributed by atoms with van der Waals surface area (Å²) < 4.78 is 12.4. The fourth-order valence-electron chi connectivity index (χ4n) is 3.76. The summed E-state index contributed by atoms with van der Waals surface area (Å²) in [5.74, 6) is -0.323. The Bertz CT molecular complexity index is 1450. The van der Waals surface area contributed by atoms with Crippen LogP contribution in [-0.4, -0.2) is 11.9 Å². The SMILES string of the molecule is Cc1sc2c(C(=O)Oc3ccccc3)c3c(Cl)c(C)sc3c(C(=O)Oc3ccccc3)c2c1Cl. The van der Waals surface area contributed by atoms with E-state index in [1.807, 2.05) is 26.0 Å². The quantitative estimate of drug-likeness (QED) is 0.174. The maximum Gasteiger partial charge on any atom is 0.345 e. The summed E-state index contributed by atoms with van der Waals surface area (Å²) in [5.41, 5.74) is 0.582. The minimum atomic E-state index is -0.568. The first kappa shape index (κ1) is 22.9. The molecule has 0 N–H and O–H groups in total. The van der Waals surface area contributed by atoms with Crippen LogP contribution in [0.4, 0.5) is 0 Å². The molecule has 0 aliphatic carbocycles. The molecule has 2 heterocycles. The zero-order valence-corrected chi connectivity index (χ0v) is 21.1. The second-order valence-corrected chi connectivity index (χ2v) is 10.7. The van der Waals surface area contributed by atoms with Gasteiger partial charge in [0.25, 0.3) is 0 Å². The summed E-state index contributed by atoms with van der Waals surface area (Å²) in [6.07, 6.45) is 0. The molecule has 5 aromatic rings. The van der Waals surface area contributed by atoms with Gasteiger partial charge in [-0.05, 0) is 38.1 Å². The molecular weight excluding hydrogens is 511 g/mol. The summed E-state index contributed by atoms with van der Waals surface area (Å²) in [6.45, 7) is 3.68. The Morgan fingerprint density at radius 2 is 1.00 bits per heavy atom. The summed E-state index contributed by atoms with van der Waals surface area (Å²) in [4.78, 5) is 28.5. The monoisotopic (exact) mass is 526 g/mol. The Hall–Kier alpha value is -2.90. The lowest BCUT2D eigenvalue weighted by Gasteiger charge is -2.12. The number of ether oxygens (including phenoxy) is 2. The third kappa shape index (κ3) is 3.87. The van der Waals surface area contributed by atoms with Crippen molar-refractivity contribution in [3.63, 3.8) is 0 Å². The molecule has 0 radical (unpaired) electrons. The number of esters is 2. The highest BCUT2D eigenvalue weighted by Gasteiger charge is 2.31. The van der Waals surface area contributed by atoms with Crippen LogP contribution in [0.15, 0.2) is 60.7 Å². The number of carbonyl (C=O) groups excluding carboxylic acids is 2. The molecule has 5 rings (SSSR count). The lowest BCUT2D eigenvalue weighted by Crippen LogP contribution is -2.13. The number of halogens is 2. The number of aryl methyl sites for hydroxylation is 2. The standard InChI is InChI=1S/C26H16Cl2O4S2/c1-13-21(27)17-19(25(29)31-15-9-5-3-6-10-15)24-18(22(28)14(2)34-24)20(23(17)33-13)26(30)32-16-11-7-4-8-12-16/h3-12H,1-2H3. The lowest BCUT2D eigenvalue weighted by molar-refractivity contribution is 0.0726. The molecule has 0 saturated carbocycles. The molecule has 0 aliphatic heterocycles. The van der Waals surface area contributed by atoms with E-state index in [9.17, 15) is 9.59 Å². The summed E-state index contributed by atoms with van der Waals surface area (Å²) in [7, 11) is 0. The van der Waals surface area contributed by atoms with Gasteiger partial charge in [-0.1, -0.05) is 59.6 Å². The second-order valence-electron chi connectivity index (χ2n) is 7.51. The van der Waals surface area contributed by atoms with Crippen molar-refractivity contribution in [2.45, 2.75) is 13.8 Å². The van der Waals surface area contributed by atoms with Crippen LogP contribution in [0.3, 0.4) is 0 Å². The Balaban J connectivity index is 1.79. The molecule has 2 aromatic heterocycles. The Kier molecular flexibility index (Phi) is 6.08. The third-order valence-corrected chi connectivity index (χ3v) is 8.71. The molecule has 0 bridgehead atoms. The average Bonchev–Trinajstić information content (AvgIpc) is 3.28. The van der Waals surface area contributed by atoms with Crippen LogP contribution in [0.2, 0.25) is 10.0 Å². The predicted molar refractivity (Wildman–Crippen MR) is 140 cm³/mol. The summed E-state index contributed by atoms with van der Waals surface area (Å²) in [6, 6.07) is 17.6. The highest BCUT2D eigenvalue weighted by Crippen LogP contribution is 2.49. The minimum absolute atomic E-state index is 0.291. The van der Waals surface area contributed by atoms with E-state index >= 15 is 0 Å². The number of hydrogen-bond acceptors (Lipinski definition) is 6. The normalized spacial score (nSPS) is 11.2. The fourth-order valence-corrected chi connectivity index (χ4v) is 6.66. The van der Waals surface area contributed by atoms with Gasteiger partial charge in [-0.2, -0.15) is 0 Å². The molecular formula is C26H16Cl2O4S2. The fraction of sp³-hybridized carbons (Fsp3) is 0.0769. The van der Waals surface area contributed by atoms with Gasteiger partial charge in [0, 0.05) is 20.5 Å². The predicted octanol–water partition coefficient (Wildman–Crippen LogP) is 8.48. The zero-order chi connectivity index (χ0) is 24.0. The highest BCUT2D eigenvalue weighted by molar-refractivity contribution is 7.22. The number of benzene rings is 3. The average molecular weight is 527 g/mol. The van der Waals surface area contributed by atoms with Gasteiger partial charge in [-0.15, -0.1) is 22.7 Å². The van der Waals surface area contributed by atoms with E-state index in [0.717, 1.165) is 9.75 Å². The van der Waals surface area contributed by atoms with Gasteiger partial charge in [0.2, 0.25) is 0 Å². The van der Waals surface area contributed by atoms with E-state index in [4.69, 9.17) is 32.7 Å². The van der Waals surface area contributed by atoms with Gasteiger partial charge in [0.05, 0.1) is 30.6 Å². The Morgan fingerprint density at radius 1 is 0.647 bits per heavy atom. The van der Waals surface area contributed by atoms with Crippen molar-refractivity contribution in [2.24, 2.45) is 0 Å². The molecule has 34 heavy (non-hydrogen) atoms. The summed E-state index contributed by atoms with van der Waals surface area (Å²) >= 11 is 16.0. The Labute approximate surface area is 213 Å². The maximum absolute atomic E-state index is 13.5. The van der Waals surface area contributed by atoms with Gasteiger partial charge in [-0.3, -0.25) is 0 Å². The van der Waals surface area contributed by atoms with Crippen molar-refractivity contribution in [3.05, 3.63) is 91.6 Å². The number of fused-ring (bicyclic) bond motifs is 2. The van der Waals surface area contributed by atoms with Crippen LogP contribution in [0.5, 0.6) is 11.5 Å². The number of hydrogen-bond donors (Lipinski definition) is 0. The number of rotatable bonds is 4. The number of thiophene rings is 2. The van der Waals surface area contributed by atoms with Crippen molar-refractivity contribution in [1.29, 1.82) is 0 Å². The largest absolute Gasteiger partial charge is 0.423 e. The smallest absolute Gasteiger partial charge is 0.345 e. The molecule has 0 unspecified atom stereocenters. The molecule has 0 aliphatic rings. The van der Waals surface area contributed by atoms with Crippen molar-refractivity contribution in [2.75, 3.05) is 0 Å². The van der Waals surface area contributed by atoms with E-state index in [-0.39, 0.29) is 0 Å². The van der Waals surface area contributed by atoms with Gasteiger partial charge < -0.3 is 9.47 Å². The van der Waals surface area contributed by atoms with Crippen LogP contribution in [0, 0.1) is 13.8 Å².